The standard InChI is InChI=1S/C17H30N4O2/c1-4-18-17(20-11-7-8-13-22-5-2)21-14-15-10-9-12-19-16(15)23-6-3/h9-10,12H,4-8,11,13-14H2,1-3H3,(H2,18,20,21). The molecule has 2 N–H and O–H groups in total. The first-order valence-corrected chi connectivity index (χ1v) is 8.48. The van der Waals surface area contributed by atoms with E-state index >= 15 is 0 Å². The summed E-state index contributed by atoms with van der Waals surface area (Å²) >= 11 is 0. The van der Waals surface area contributed by atoms with Crippen LogP contribution in [-0.4, -0.2) is 43.9 Å². The van der Waals surface area contributed by atoms with E-state index < -0.39 is 0 Å². The van der Waals surface area contributed by atoms with Gasteiger partial charge in [-0.3, -0.25) is 0 Å². The van der Waals surface area contributed by atoms with Gasteiger partial charge in [0.05, 0.1) is 13.2 Å². The van der Waals surface area contributed by atoms with Gasteiger partial charge in [-0.25, -0.2) is 9.98 Å². The molecule has 0 bridgehead atoms. The lowest BCUT2D eigenvalue weighted by atomic mass is 10.3. The second kappa shape index (κ2) is 12.7. The Hall–Kier alpha value is -1.82. The van der Waals surface area contributed by atoms with E-state index in [0.29, 0.717) is 19.0 Å². The molecule has 1 heterocycles. The molecule has 0 fully saturated rings. The number of nitrogens with zero attached hydrogens (tertiary/aromatic N) is 2. The molecule has 0 radical (unpaired) electrons. The number of nitrogens with one attached hydrogen (secondary N) is 2. The average molecular weight is 322 g/mol. The Labute approximate surface area is 139 Å². The zero-order valence-corrected chi connectivity index (χ0v) is 14.6. The molecule has 0 aliphatic rings. The summed E-state index contributed by atoms with van der Waals surface area (Å²) in [5.41, 5.74) is 0.989. The summed E-state index contributed by atoms with van der Waals surface area (Å²) in [7, 11) is 0. The molecule has 6 heteroatoms. The van der Waals surface area contributed by atoms with Crippen molar-refractivity contribution in [1.29, 1.82) is 0 Å². The Morgan fingerprint density at radius 1 is 1.17 bits per heavy atom. The van der Waals surface area contributed by atoms with Crippen molar-refractivity contribution in [1.82, 2.24) is 15.6 Å². The summed E-state index contributed by atoms with van der Waals surface area (Å²) in [6, 6.07) is 3.90. The van der Waals surface area contributed by atoms with E-state index in [-0.39, 0.29) is 0 Å². The van der Waals surface area contributed by atoms with E-state index in [4.69, 9.17) is 9.47 Å². The Balaban J connectivity index is 2.48. The fourth-order valence-corrected chi connectivity index (χ4v) is 2.00. The summed E-state index contributed by atoms with van der Waals surface area (Å²) in [5.74, 6) is 1.47. The minimum atomic E-state index is 0.539. The third-order valence-electron chi connectivity index (χ3n) is 3.09. The molecule has 0 aliphatic carbocycles. The van der Waals surface area contributed by atoms with Crippen molar-refractivity contribution in [2.75, 3.05) is 32.9 Å². The van der Waals surface area contributed by atoms with Crippen LogP contribution >= 0.6 is 0 Å². The Morgan fingerprint density at radius 2 is 2.04 bits per heavy atom. The Bertz CT molecular complexity index is 452. The van der Waals surface area contributed by atoms with E-state index in [1.807, 2.05) is 26.0 Å². The van der Waals surface area contributed by atoms with Gasteiger partial charge in [-0.05, 0) is 39.7 Å². The average Bonchev–Trinajstić information content (AvgIpc) is 2.57. The van der Waals surface area contributed by atoms with Crippen LogP contribution in [0.4, 0.5) is 0 Å². The lowest BCUT2D eigenvalue weighted by Crippen LogP contribution is -2.37. The minimum Gasteiger partial charge on any atom is -0.478 e. The van der Waals surface area contributed by atoms with Crippen LogP contribution in [0.1, 0.15) is 39.2 Å². The minimum absolute atomic E-state index is 0.539. The molecule has 1 rings (SSSR count). The predicted molar refractivity (Wildman–Crippen MR) is 94.0 cm³/mol. The van der Waals surface area contributed by atoms with Crippen LogP contribution < -0.4 is 15.4 Å². The van der Waals surface area contributed by atoms with Crippen LogP contribution in [-0.2, 0) is 11.3 Å². The zero-order chi connectivity index (χ0) is 16.8. The number of rotatable bonds is 11. The van der Waals surface area contributed by atoms with Gasteiger partial charge in [0, 0.05) is 38.1 Å². The van der Waals surface area contributed by atoms with Gasteiger partial charge in [0.1, 0.15) is 0 Å². The number of hydrogen-bond acceptors (Lipinski definition) is 4. The first-order chi connectivity index (χ1) is 11.3. The number of pyridine rings is 1. The SMILES string of the molecule is CCNC(=NCc1cccnc1OCC)NCCCCOCC. The van der Waals surface area contributed by atoms with Gasteiger partial charge in [0.15, 0.2) is 5.96 Å². The normalized spacial score (nSPS) is 11.3. The van der Waals surface area contributed by atoms with Crippen molar-refractivity contribution >= 4 is 5.96 Å². The molecule has 0 saturated heterocycles. The molecule has 6 nitrogen and oxygen atoms in total. The van der Waals surface area contributed by atoms with Crippen molar-refractivity contribution < 1.29 is 9.47 Å². The molecule has 0 aliphatic heterocycles. The van der Waals surface area contributed by atoms with Gasteiger partial charge in [-0.1, -0.05) is 6.07 Å². The highest BCUT2D eigenvalue weighted by molar-refractivity contribution is 5.79. The molecule has 0 saturated carbocycles. The van der Waals surface area contributed by atoms with Gasteiger partial charge >= 0.3 is 0 Å². The smallest absolute Gasteiger partial charge is 0.218 e. The summed E-state index contributed by atoms with van der Waals surface area (Å²) in [5, 5.41) is 6.59. The van der Waals surface area contributed by atoms with E-state index in [2.05, 4.69) is 27.5 Å². The maximum absolute atomic E-state index is 5.53. The van der Waals surface area contributed by atoms with Crippen molar-refractivity contribution in [3.8, 4) is 5.88 Å². The molecule has 0 spiro atoms. The molecule has 0 aromatic carbocycles. The Morgan fingerprint density at radius 3 is 2.78 bits per heavy atom. The number of unbranched alkanes of at least 4 members (excludes halogenated alkanes) is 1. The zero-order valence-electron chi connectivity index (χ0n) is 14.6. The molecule has 1 aromatic rings. The highest BCUT2D eigenvalue weighted by atomic mass is 16.5. The van der Waals surface area contributed by atoms with Crippen molar-refractivity contribution in [2.45, 2.75) is 40.2 Å². The molecular formula is C17H30N4O2. The topological polar surface area (TPSA) is 67.8 Å². The summed E-state index contributed by atoms with van der Waals surface area (Å²) in [4.78, 5) is 8.85. The second-order valence-corrected chi connectivity index (χ2v) is 4.93. The van der Waals surface area contributed by atoms with Gasteiger partial charge in [0.25, 0.3) is 0 Å². The van der Waals surface area contributed by atoms with Gasteiger partial charge in [-0.2, -0.15) is 0 Å². The van der Waals surface area contributed by atoms with Crippen molar-refractivity contribution in [3.05, 3.63) is 23.9 Å². The predicted octanol–water partition coefficient (Wildman–Crippen LogP) is 2.35. The third-order valence-corrected chi connectivity index (χ3v) is 3.09. The maximum Gasteiger partial charge on any atom is 0.218 e. The van der Waals surface area contributed by atoms with Crippen molar-refractivity contribution in [3.63, 3.8) is 0 Å². The second-order valence-electron chi connectivity index (χ2n) is 4.93. The van der Waals surface area contributed by atoms with E-state index in [9.17, 15) is 0 Å². The summed E-state index contributed by atoms with van der Waals surface area (Å²) < 4.78 is 10.9. The highest BCUT2D eigenvalue weighted by Gasteiger charge is 2.04. The van der Waals surface area contributed by atoms with Gasteiger partial charge in [0.2, 0.25) is 5.88 Å². The lowest BCUT2D eigenvalue weighted by molar-refractivity contribution is 0.143. The molecule has 0 unspecified atom stereocenters. The van der Waals surface area contributed by atoms with Crippen LogP contribution in [0.25, 0.3) is 0 Å². The van der Waals surface area contributed by atoms with Gasteiger partial charge in [-0.15, -0.1) is 0 Å². The van der Waals surface area contributed by atoms with Crippen molar-refractivity contribution in [2.24, 2.45) is 4.99 Å². The fraction of sp³-hybridized carbons (Fsp3) is 0.647. The lowest BCUT2D eigenvalue weighted by Gasteiger charge is -2.12. The molecule has 130 valence electrons. The molecular weight excluding hydrogens is 292 g/mol. The van der Waals surface area contributed by atoms with Crippen LogP contribution in [0.15, 0.2) is 23.3 Å². The highest BCUT2D eigenvalue weighted by Crippen LogP contribution is 2.15. The molecule has 0 atom stereocenters. The number of aromatic nitrogens is 1. The quantitative estimate of drug-likeness (QED) is 0.372. The largest absolute Gasteiger partial charge is 0.478 e. The number of guanidine groups is 1. The van der Waals surface area contributed by atoms with Crippen LogP contribution in [0.3, 0.4) is 0 Å². The monoisotopic (exact) mass is 322 g/mol. The number of hydrogen-bond donors (Lipinski definition) is 2. The van der Waals surface area contributed by atoms with Gasteiger partial charge < -0.3 is 20.1 Å². The van der Waals surface area contributed by atoms with E-state index in [1.54, 1.807) is 6.20 Å². The Kier molecular flexibility index (Phi) is 10.6. The van der Waals surface area contributed by atoms with Crippen LogP contribution in [0.2, 0.25) is 0 Å². The molecule has 0 amide bonds. The maximum atomic E-state index is 5.53. The fourth-order valence-electron chi connectivity index (χ4n) is 2.00. The summed E-state index contributed by atoms with van der Waals surface area (Å²) in [6.45, 7) is 10.5. The van der Waals surface area contributed by atoms with Crippen LogP contribution in [0.5, 0.6) is 5.88 Å². The first kappa shape index (κ1) is 19.2. The van der Waals surface area contributed by atoms with E-state index in [0.717, 1.165) is 50.7 Å². The third kappa shape index (κ3) is 8.40. The number of ether oxygens (including phenoxy) is 2. The molecule has 23 heavy (non-hydrogen) atoms. The number of aliphatic imine (C=N–C) groups is 1. The molecule has 1 aromatic heterocycles. The van der Waals surface area contributed by atoms with E-state index in [1.165, 1.54) is 0 Å². The van der Waals surface area contributed by atoms with Crippen LogP contribution in [0, 0.1) is 0 Å². The summed E-state index contributed by atoms with van der Waals surface area (Å²) in [6.07, 6.45) is 3.85. The first-order valence-electron chi connectivity index (χ1n) is 8.48.